The van der Waals surface area contributed by atoms with Crippen molar-refractivity contribution < 1.29 is 9.59 Å². The van der Waals surface area contributed by atoms with Gasteiger partial charge in [-0.1, -0.05) is 6.92 Å². The van der Waals surface area contributed by atoms with Gasteiger partial charge in [0.05, 0.1) is 6.54 Å². The average molecular weight is 253 g/mol. The van der Waals surface area contributed by atoms with Gasteiger partial charge in [0.25, 0.3) is 0 Å². The highest BCUT2D eigenvalue weighted by Crippen LogP contribution is 2.30. The van der Waals surface area contributed by atoms with Crippen LogP contribution >= 0.6 is 0 Å². The fourth-order valence-electron chi connectivity index (χ4n) is 2.88. The van der Waals surface area contributed by atoms with Gasteiger partial charge in [-0.3, -0.25) is 9.59 Å². The van der Waals surface area contributed by atoms with Crippen LogP contribution in [0.1, 0.15) is 26.2 Å². The van der Waals surface area contributed by atoms with Crippen molar-refractivity contribution in [2.24, 2.45) is 17.6 Å². The molecule has 2 fully saturated rings. The minimum Gasteiger partial charge on any atom is -0.342 e. The van der Waals surface area contributed by atoms with Crippen molar-refractivity contribution in [1.82, 2.24) is 9.80 Å². The number of carbonyl (C=O) groups excluding carboxylic acids is 2. The quantitative estimate of drug-likeness (QED) is 0.718. The normalized spacial score (nSPS) is 33.7. The monoisotopic (exact) mass is 253 g/mol. The van der Waals surface area contributed by atoms with E-state index in [9.17, 15) is 9.59 Å². The zero-order chi connectivity index (χ0) is 13.3. The summed E-state index contributed by atoms with van der Waals surface area (Å²) in [4.78, 5) is 27.5. The molecule has 18 heavy (non-hydrogen) atoms. The number of nitrogens with zero attached hydrogens (tertiary/aromatic N) is 2. The van der Waals surface area contributed by atoms with E-state index in [0.29, 0.717) is 19.0 Å². The Morgan fingerprint density at radius 1 is 1.33 bits per heavy atom. The van der Waals surface area contributed by atoms with E-state index in [-0.39, 0.29) is 30.3 Å². The van der Waals surface area contributed by atoms with Crippen LogP contribution in [0.3, 0.4) is 0 Å². The standard InChI is InChI=1S/C13H23N3O2/c1-9-3-4-10(14)7-11(9)13(18)16-6-5-15(2)12(17)8-16/h9-11H,3-8,14H2,1-2H3. The molecule has 1 saturated heterocycles. The molecule has 5 heteroatoms. The number of amides is 2. The first-order valence-electron chi connectivity index (χ1n) is 6.77. The molecule has 0 bridgehead atoms. The van der Waals surface area contributed by atoms with Gasteiger partial charge in [0.15, 0.2) is 0 Å². The third-order valence-electron chi connectivity index (χ3n) is 4.32. The Labute approximate surface area is 108 Å². The molecule has 0 spiro atoms. The van der Waals surface area contributed by atoms with Crippen molar-refractivity contribution in [3.8, 4) is 0 Å². The molecule has 0 aromatic carbocycles. The predicted molar refractivity (Wildman–Crippen MR) is 68.7 cm³/mol. The number of hydrogen-bond acceptors (Lipinski definition) is 3. The smallest absolute Gasteiger partial charge is 0.241 e. The van der Waals surface area contributed by atoms with Gasteiger partial charge >= 0.3 is 0 Å². The molecule has 0 aromatic rings. The number of likely N-dealkylation sites (N-methyl/N-ethyl adjacent to an activating group) is 1. The average Bonchev–Trinajstić information content (AvgIpc) is 2.35. The first-order valence-corrected chi connectivity index (χ1v) is 6.77. The second kappa shape index (κ2) is 5.26. The Bertz CT molecular complexity index is 345. The van der Waals surface area contributed by atoms with E-state index in [4.69, 9.17) is 5.73 Å². The zero-order valence-corrected chi connectivity index (χ0v) is 11.3. The second-order valence-corrected chi connectivity index (χ2v) is 5.73. The van der Waals surface area contributed by atoms with Crippen LogP contribution in [0.4, 0.5) is 0 Å². The maximum absolute atomic E-state index is 12.5. The second-order valence-electron chi connectivity index (χ2n) is 5.73. The summed E-state index contributed by atoms with van der Waals surface area (Å²) in [7, 11) is 1.78. The van der Waals surface area contributed by atoms with Gasteiger partial charge in [-0.15, -0.1) is 0 Å². The van der Waals surface area contributed by atoms with Crippen LogP contribution in [-0.2, 0) is 9.59 Å². The molecule has 1 saturated carbocycles. The van der Waals surface area contributed by atoms with E-state index in [1.54, 1.807) is 16.8 Å². The highest BCUT2D eigenvalue weighted by Gasteiger charge is 2.36. The molecule has 2 N–H and O–H groups in total. The Hall–Kier alpha value is -1.10. The lowest BCUT2D eigenvalue weighted by Crippen LogP contribution is -2.53. The van der Waals surface area contributed by atoms with Crippen molar-refractivity contribution >= 4 is 11.8 Å². The Balaban J connectivity index is 2.00. The van der Waals surface area contributed by atoms with Crippen molar-refractivity contribution in [3.63, 3.8) is 0 Å². The van der Waals surface area contributed by atoms with Crippen molar-refractivity contribution in [1.29, 1.82) is 0 Å². The number of piperazine rings is 1. The first-order chi connectivity index (χ1) is 8.49. The van der Waals surface area contributed by atoms with Gasteiger partial charge in [0.1, 0.15) is 0 Å². The Morgan fingerprint density at radius 2 is 2.06 bits per heavy atom. The van der Waals surface area contributed by atoms with Gasteiger partial charge in [-0.05, 0) is 25.2 Å². The fraction of sp³-hybridized carbons (Fsp3) is 0.846. The number of carbonyl (C=O) groups is 2. The third-order valence-corrected chi connectivity index (χ3v) is 4.32. The molecular weight excluding hydrogens is 230 g/mol. The van der Waals surface area contributed by atoms with Crippen LogP contribution < -0.4 is 5.73 Å². The fourth-order valence-corrected chi connectivity index (χ4v) is 2.88. The molecule has 5 nitrogen and oxygen atoms in total. The van der Waals surface area contributed by atoms with E-state index in [0.717, 1.165) is 19.3 Å². The van der Waals surface area contributed by atoms with Crippen LogP contribution in [0.5, 0.6) is 0 Å². The summed E-state index contributed by atoms with van der Waals surface area (Å²) >= 11 is 0. The highest BCUT2D eigenvalue weighted by atomic mass is 16.2. The maximum atomic E-state index is 12.5. The minimum atomic E-state index is 0.00459. The Kier molecular flexibility index (Phi) is 3.90. The summed E-state index contributed by atoms with van der Waals surface area (Å²) in [5.74, 6) is 0.540. The maximum Gasteiger partial charge on any atom is 0.241 e. The molecule has 102 valence electrons. The van der Waals surface area contributed by atoms with Crippen molar-refractivity contribution in [2.45, 2.75) is 32.2 Å². The van der Waals surface area contributed by atoms with Crippen LogP contribution in [0.15, 0.2) is 0 Å². The number of nitrogens with two attached hydrogens (primary N) is 1. The zero-order valence-electron chi connectivity index (χ0n) is 11.3. The number of rotatable bonds is 1. The van der Waals surface area contributed by atoms with E-state index in [2.05, 4.69) is 6.92 Å². The lowest BCUT2D eigenvalue weighted by atomic mass is 9.77. The minimum absolute atomic E-state index is 0.00459. The summed E-state index contributed by atoms with van der Waals surface area (Å²) in [6.07, 6.45) is 2.78. The van der Waals surface area contributed by atoms with E-state index in [1.807, 2.05) is 0 Å². The molecule has 0 radical (unpaired) electrons. The van der Waals surface area contributed by atoms with E-state index in [1.165, 1.54) is 0 Å². The molecule has 2 rings (SSSR count). The topological polar surface area (TPSA) is 66.6 Å². The molecule has 1 aliphatic heterocycles. The SMILES string of the molecule is CC1CCC(N)CC1C(=O)N1CCN(C)C(=O)C1. The lowest BCUT2D eigenvalue weighted by molar-refractivity contribution is -0.148. The third kappa shape index (κ3) is 2.66. The van der Waals surface area contributed by atoms with Gasteiger partial charge in [0, 0.05) is 32.1 Å². The predicted octanol–water partition coefficient (Wildman–Crippen LogP) is 0.0505. The molecule has 3 unspecified atom stereocenters. The summed E-state index contributed by atoms with van der Waals surface area (Å²) in [6, 6.07) is 0.137. The summed E-state index contributed by atoms with van der Waals surface area (Å²) in [5, 5.41) is 0. The molecular formula is C13H23N3O2. The molecule has 2 amide bonds. The van der Waals surface area contributed by atoms with Crippen molar-refractivity contribution in [3.05, 3.63) is 0 Å². The highest BCUT2D eigenvalue weighted by molar-refractivity contribution is 5.87. The van der Waals surface area contributed by atoms with Crippen LogP contribution in [0.25, 0.3) is 0 Å². The first kappa shape index (κ1) is 13.3. The van der Waals surface area contributed by atoms with Crippen LogP contribution in [-0.4, -0.2) is 54.3 Å². The van der Waals surface area contributed by atoms with Crippen molar-refractivity contribution in [2.75, 3.05) is 26.7 Å². The summed E-state index contributed by atoms with van der Waals surface area (Å²) in [5.41, 5.74) is 5.96. The Morgan fingerprint density at radius 3 is 2.72 bits per heavy atom. The summed E-state index contributed by atoms with van der Waals surface area (Å²) in [6.45, 7) is 3.64. The lowest BCUT2D eigenvalue weighted by Gasteiger charge is -2.38. The van der Waals surface area contributed by atoms with Crippen LogP contribution in [0.2, 0.25) is 0 Å². The molecule has 2 aliphatic rings. The van der Waals surface area contributed by atoms with Gasteiger partial charge in [-0.2, -0.15) is 0 Å². The van der Waals surface area contributed by atoms with Gasteiger partial charge < -0.3 is 15.5 Å². The van der Waals surface area contributed by atoms with E-state index >= 15 is 0 Å². The largest absolute Gasteiger partial charge is 0.342 e. The van der Waals surface area contributed by atoms with Gasteiger partial charge in [-0.25, -0.2) is 0 Å². The van der Waals surface area contributed by atoms with Crippen LogP contribution in [0, 0.1) is 11.8 Å². The molecule has 1 aliphatic carbocycles. The number of hydrogen-bond donors (Lipinski definition) is 1. The van der Waals surface area contributed by atoms with E-state index < -0.39 is 0 Å². The summed E-state index contributed by atoms with van der Waals surface area (Å²) < 4.78 is 0. The molecule has 3 atom stereocenters. The molecule has 1 heterocycles. The molecule has 0 aromatic heterocycles. The van der Waals surface area contributed by atoms with Gasteiger partial charge in [0.2, 0.25) is 11.8 Å².